The van der Waals surface area contributed by atoms with Gasteiger partial charge in [0.05, 0.1) is 11.8 Å². The van der Waals surface area contributed by atoms with Crippen LogP contribution in [-0.4, -0.2) is 39.2 Å². The Balaban J connectivity index is 1.63. The van der Waals surface area contributed by atoms with Crippen LogP contribution in [0.4, 0.5) is 0 Å². The van der Waals surface area contributed by atoms with Crippen molar-refractivity contribution in [3.63, 3.8) is 0 Å². The lowest BCUT2D eigenvalue weighted by Crippen LogP contribution is -2.43. The van der Waals surface area contributed by atoms with Crippen molar-refractivity contribution in [2.75, 3.05) is 13.1 Å². The van der Waals surface area contributed by atoms with E-state index in [2.05, 4.69) is 14.9 Å². The zero-order valence-corrected chi connectivity index (χ0v) is 14.1. The first-order valence-corrected chi connectivity index (χ1v) is 8.41. The van der Waals surface area contributed by atoms with Gasteiger partial charge in [-0.1, -0.05) is 23.7 Å². The predicted octanol–water partition coefficient (Wildman–Crippen LogP) is 2.86. The van der Waals surface area contributed by atoms with E-state index in [0.717, 1.165) is 49.0 Å². The third-order valence-electron chi connectivity index (χ3n) is 4.41. The van der Waals surface area contributed by atoms with E-state index < -0.39 is 0 Å². The van der Waals surface area contributed by atoms with E-state index in [4.69, 9.17) is 11.6 Å². The molecule has 0 amide bonds. The van der Waals surface area contributed by atoms with Crippen molar-refractivity contribution in [2.24, 2.45) is 5.92 Å². The van der Waals surface area contributed by atoms with Crippen molar-refractivity contribution in [3.05, 3.63) is 58.6 Å². The highest BCUT2D eigenvalue weighted by Crippen LogP contribution is 2.23. The molecule has 0 spiro atoms. The molecule has 1 N–H and O–H groups in total. The van der Waals surface area contributed by atoms with Gasteiger partial charge in [0, 0.05) is 36.8 Å². The molecule has 0 bridgehead atoms. The van der Waals surface area contributed by atoms with Crippen molar-refractivity contribution < 1.29 is 5.11 Å². The second kappa shape index (κ2) is 7.39. The van der Waals surface area contributed by atoms with Crippen LogP contribution in [0.5, 0.6) is 0 Å². The molecule has 0 unspecified atom stereocenters. The lowest BCUT2D eigenvalue weighted by atomic mass is 9.88. The molecule has 1 saturated heterocycles. The number of aromatic nitrogens is 2. The van der Waals surface area contributed by atoms with Crippen LogP contribution in [0.15, 0.2) is 36.5 Å². The second-order valence-corrected chi connectivity index (χ2v) is 6.71. The van der Waals surface area contributed by atoms with E-state index in [0.29, 0.717) is 0 Å². The van der Waals surface area contributed by atoms with E-state index in [-0.39, 0.29) is 12.0 Å². The first kappa shape index (κ1) is 16.4. The highest BCUT2D eigenvalue weighted by Gasteiger charge is 2.28. The Labute approximate surface area is 142 Å². The van der Waals surface area contributed by atoms with Crippen LogP contribution >= 0.6 is 11.6 Å². The Kier molecular flexibility index (Phi) is 5.26. The summed E-state index contributed by atoms with van der Waals surface area (Å²) in [6, 6.07) is 9.87. The molecule has 3 rings (SSSR count). The highest BCUT2D eigenvalue weighted by molar-refractivity contribution is 6.30. The number of aryl methyl sites for hydroxylation is 1. The van der Waals surface area contributed by atoms with Crippen LogP contribution in [0.2, 0.25) is 5.02 Å². The summed E-state index contributed by atoms with van der Waals surface area (Å²) in [5.41, 5.74) is 2.26. The van der Waals surface area contributed by atoms with Crippen molar-refractivity contribution in [3.8, 4) is 0 Å². The number of halogens is 1. The van der Waals surface area contributed by atoms with Crippen LogP contribution in [0, 0.1) is 12.8 Å². The Morgan fingerprint density at radius 2 is 2.04 bits per heavy atom. The number of benzene rings is 1. The second-order valence-electron chi connectivity index (χ2n) is 6.28. The maximum Gasteiger partial charge on any atom is 0.125 e. The minimum absolute atomic E-state index is 0.242. The number of aliphatic hydroxyl groups excluding tert-OH is 1. The van der Waals surface area contributed by atoms with E-state index in [1.807, 2.05) is 43.5 Å². The van der Waals surface area contributed by atoms with Crippen molar-refractivity contribution in [1.29, 1.82) is 0 Å². The summed E-state index contributed by atoms with van der Waals surface area (Å²) >= 11 is 5.94. The van der Waals surface area contributed by atoms with Gasteiger partial charge in [0.15, 0.2) is 0 Å². The average molecular weight is 332 g/mol. The molecule has 1 fully saturated rings. The maximum atomic E-state index is 10.3. The van der Waals surface area contributed by atoms with Gasteiger partial charge in [0.2, 0.25) is 0 Å². The number of rotatable bonds is 4. The molecule has 0 aliphatic carbocycles. The Hall–Kier alpha value is -1.49. The van der Waals surface area contributed by atoms with Gasteiger partial charge in [-0.25, -0.2) is 9.97 Å². The lowest BCUT2D eigenvalue weighted by molar-refractivity contribution is 0.0235. The van der Waals surface area contributed by atoms with Gasteiger partial charge in [-0.3, -0.25) is 4.90 Å². The minimum Gasteiger partial charge on any atom is -0.393 e. The van der Waals surface area contributed by atoms with Gasteiger partial charge in [-0.05, 0) is 43.5 Å². The summed E-state index contributed by atoms with van der Waals surface area (Å²) in [6.45, 7) is 4.51. The molecule has 0 radical (unpaired) electrons. The number of nitrogens with zero attached hydrogens (tertiary/aromatic N) is 3. The van der Waals surface area contributed by atoms with Crippen LogP contribution in [0.3, 0.4) is 0 Å². The summed E-state index contributed by atoms with van der Waals surface area (Å²) in [6.07, 6.45) is 3.25. The summed E-state index contributed by atoms with van der Waals surface area (Å²) in [7, 11) is 0. The molecule has 23 heavy (non-hydrogen) atoms. The number of aliphatic hydroxyl groups is 1. The SMILES string of the molecule is Cc1nccc(CN2CC[C@@H](O)[C@H](Cc3ccc(Cl)cc3)C2)n1. The van der Waals surface area contributed by atoms with E-state index in [9.17, 15) is 5.11 Å². The molecule has 4 nitrogen and oxygen atoms in total. The summed E-state index contributed by atoms with van der Waals surface area (Å²) < 4.78 is 0. The third kappa shape index (κ3) is 4.50. The molecular weight excluding hydrogens is 310 g/mol. The monoisotopic (exact) mass is 331 g/mol. The van der Waals surface area contributed by atoms with Crippen LogP contribution in [0.25, 0.3) is 0 Å². The zero-order chi connectivity index (χ0) is 16.2. The standard InChI is InChI=1S/C18H22ClN3O/c1-13-20-8-6-17(21-13)12-22-9-7-18(23)15(11-22)10-14-2-4-16(19)5-3-14/h2-6,8,15,18,23H,7,9-12H2,1H3/t15-,18-/m1/s1. The van der Waals surface area contributed by atoms with Crippen LogP contribution in [-0.2, 0) is 13.0 Å². The van der Waals surface area contributed by atoms with Gasteiger partial charge in [-0.2, -0.15) is 0 Å². The molecule has 1 aliphatic heterocycles. The van der Waals surface area contributed by atoms with Gasteiger partial charge < -0.3 is 5.11 Å². The van der Waals surface area contributed by atoms with Gasteiger partial charge in [0.25, 0.3) is 0 Å². The molecule has 5 heteroatoms. The summed E-state index contributed by atoms with van der Waals surface area (Å²) in [4.78, 5) is 11.0. The molecule has 122 valence electrons. The van der Waals surface area contributed by atoms with E-state index >= 15 is 0 Å². The molecule has 1 aromatic heterocycles. The number of hydrogen-bond acceptors (Lipinski definition) is 4. The third-order valence-corrected chi connectivity index (χ3v) is 4.66. The number of hydrogen-bond donors (Lipinski definition) is 1. The Morgan fingerprint density at radius 3 is 2.78 bits per heavy atom. The minimum atomic E-state index is -0.242. The van der Waals surface area contributed by atoms with E-state index in [1.165, 1.54) is 5.56 Å². The largest absolute Gasteiger partial charge is 0.393 e. The first-order chi connectivity index (χ1) is 11.1. The van der Waals surface area contributed by atoms with Crippen molar-refractivity contribution in [1.82, 2.24) is 14.9 Å². The molecular formula is C18H22ClN3O. The molecule has 1 aromatic carbocycles. The average Bonchev–Trinajstić information content (AvgIpc) is 2.53. The number of piperidine rings is 1. The van der Waals surface area contributed by atoms with Gasteiger partial charge in [0.1, 0.15) is 5.82 Å². The summed E-state index contributed by atoms with van der Waals surface area (Å²) in [5.74, 6) is 1.05. The van der Waals surface area contributed by atoms with Crippen molar-refractivity contribution >= 4 is 11.6 Å². The van der Waals surface area contributed by atoms with Gasteiger partial charge >= 0.3 is 0 Å². The van der Waals surface area contributed by atoms with Gasteiger partial charge in [-0.15, -0.1) is 0 Å². The van der Waals surface area contributed by atoms with Crippen LogP contribution < -0.4 is 0 Å². The molecule has 1 aliphatic rings. The highest BCUT2D eigenvalue weighted by atomic mass is 35.5. The topological polar surface area (TPSA) is 49.2 Å². The fraction of sp³-hybridized carbons (Fsp3) is 0.444. The first-order valence-electron chi connectivity index (χ1n) is 8.03. The fourth-order valence-electron chi connectivity index (χ4n) is 3.18. The van der Waals surface area contributed by atoms with Crippen LogP contribution in [0.1, 0.15) is 23.5 Å². The van der Waals surface area contributed by atoms with E-state index in [1.54, 1.807) is 0 Å². The molecule has 2 heterocycles. The maximum absolute atomic E-state index is 10.3. The molecule has 2 atom stereocenters. The quantitative estimate of drug-likeness (QED) is 0.936. The van der Waals surface area contributed by atoms with Crippen molar-refractivity contribution in [2.45, 2.75) is 32.4 Å². The fourth-order valence-corrected chi connectivity index (χ4v) is 3.31. The predicted molar refractivity (Wildman–Crippen MR) is 91.3 cm³/mol. The smallest absolute Gasteiger partial charge is 0.125 e. The molecule has 2 aromatic rings. The number of likely N-dealkylation sites (tertiary alicyclic amines) is 1. The normalized spacial score (nSPS) is 22.2. The lowest BCUT2D eigenvalue weighted by Gasteiger charge is -2.36. The zero-order valence-electron chi connectivity index (χ0n) is 13.3. The Morgan fingerprint density at radius 1 is 1.26 bits per heavy atom. The Bertz CT molecular complexity index is 647. The molecule has 0 saturated carbocycles. The summed E-state index contributed by atoms with van der Waals surface area (Å²) in [5, 5.41) is 11.1.